The van der Waals surface area contributed by atoms with Gasteiger partial charge in [-0.25, -0.2) is 0 Å². The fraction of sp³-hybridized carbons (Fsp3) is 0.438. The molecule has 3 heteroatoms. The normalized spacial score (nSPS) is 18.6. The number of allylic oxidation sites excluding steroid dienone is 5. The summed E-state index contributed by atoms with van der Waals surface area (Å²) < 4.78 is 5.55. The summed E-state index contributed by atoms with van der Waals surface area (Å²) in [5, 5.41) is 0. The van der Waals surface area contributed by atoms with Gasteiger partial charge < -0.3 is 15.4 Å². The zero-order chi connectivity index (χ0) is 14.1. The minimum atomic E-state index is 0.265. The number of methoxy groups -OCH3 is 1. The Balaban J connectivity index is 2.87. The van der Waals surface area contributed by atoms with Gasteiger partial charge in [0, 0.05) is 31.8 Å². The van der Waals surface area contributed by atoms with Gasteiger partial charge in [-0.3, -0.25) is 0 Å². The second kappa shape index (κ2) is 8.41. The Kier molecular flexibility index (Phi) is 6.80. The van der Waals surface area contributed by atoms with Crippen molar-refractivity contribution < 1.29 is 4.74 Å². The molecule has 104 valence electrons. The van der Waals surface area contributed by atoms with Gasteiger partial charge in [0.15, 0.2) is 0 Å². The van der Waals surface area contributed by atoms with Crippen LogP contribution in [0.2, 0.25) is 0 Å². The molecule has 0 aliphatic heterocycles. The van der Waals surface area contributed by atoms with E-state index >= 15 is 0 Å². The van der Waals surface area contributed by atoms with Gasteiger partial charge in [-0.1, -0.05) is 24.8 Å². The minimum Gasteiger partial charge on any atom is -0.499 e. The van der Waals surface area contributed by atoms with Gasteiger partial charge in [0.1, 0.15) is 5.76 Å². The Morgan fingerprint density at radius 2 is 2.47 bits per heavy atom. The van der Waals surface area contributed by atoms with Crippen molar-refractivity contribution in [2.24, 2.45) is 11.7 Å². The van der Waals surface area contributed by atoms with Gasteiger partial charge >= 0.3 is 0 Å². The molecule has 19 heavy (non-hydrogen) atoms. The molecule has 0 bridgehead atoms. The van der Waals surface area contributed by atoms with E-state index in [1.165, 1.54) is 0 Å². The summed E-state index contributed by atoms with van der Waals surface area (Å²) in [7, 11) is 1.72. The number of hydrogen-bond acceptors (Lipinski definition) is 3. The average molecular weight is 260 g/mol. The molecule has 0 aromatic heterocycles. The van der Waals surface area contributed by atoms with E-state index in [1.807, 2.05) is 6.08 Å². The lowest BCUT2D eigenvalue weighted by molar-refractivity contribution is 0.240. The fourth-order valence-electron chi connectivity index (χ4n) is 2.08. The van der Waals surface area contributed by atoms with Crippen LogP contribution in [0.4, 0.5) is 0 Å². The van der Waals surface area contributed by atoms with Crippen LogP contribution in [0, 0.1) is 5.92 Å². The van der Waals surface area contributed by atoms with Gasteiger partial charge in [0.25, 0.3) is 0 Å². The molecule has 1 aliphatic rings. The quantitative estimate of drug-likeness (QED) is 0.565. The maximum atomic E-state index is 5.61. The molecular weight excluding hydrogens is 236 g/mol. The highest BCUT2D eigenvalue weighted by atomic mass is 16.5. The third-order valence-electron chi connectivity index (χ3n) is 3.10. The highest BCUT2D eigenvalue weighted by Gasteiger charge is 2.15. The Hall–Kier alpha value is -1.70. The van der Waals surface area contributed by atoms with E-state index in [-0.39, 0.29) is 5.92 Å². The van der Waals surface area contributed by atoms with Crippen LogP contribution in [0.3, 0.4) is 0 Å². The van der Waals surface area contributed by atoms with Crippen LogP contribution in [0.25, 0.3) is 0 Å². The molecule has 1 rings (SSSR count). The summed E-state index contributed by atoms with van der Waals surface area (Å²) >= 11 is 0. The summed E-state index contributed by atoms with van der Waals surface area (Å²) in [6.07, 6.45) is 11.3. The molecule has 0 amide bonds. The van der Waals surface area contributed by atoms with E-state index in [2.05, 4.69) is 48.6 Å². The molecular formula is C16H24N2O. The molecule has 0 fully saturated rings. The summed E-state index contributed by atoms with van der Waals surface area (Å²) in [5.74, 6) is 1.23. The molecule has 0 radical (unpaired) electrons. The van der Waals surface area contributed by atoms with Crippen molar-refractivity contribution in [1.82, 2.24) is 4.90 Å². The Bertz CT molecular complexity index is 414. The van der Waals surface area contributed by atoms with E-state index in [9.17, 15) is 0 Å². The molecule has 1 aliphatic carbocycles. The lowest BCUT2D eigenvalue weighted by Crippen LogP contribution is -2.25. The standard InChI is InChI=1S/C16H24N2O/c1-4-7-14-8-6-9-15(12-14)16(19-3)13-18(5-2)11-10-17/h6-8,12-13,15H,1,5,9-11,17H2,2-3H3/b16-13-/t15-/m1/s1. The van der Waals surface area contributed by atoms with Crippen LogP contribution in [0.15, 0.2) is 54.1 Å². The second-order valence-corrected chi connectivity index (χ2v) is 4.41. The fourth-order valence-corrected chi connectivity index (χ4v) is 2.08. The van der Waals surface area contributed by atoms with Crippen molar-refractivity contribution >= 4 is 0 Å². The topological polar surface area (TPSA) is 38.5 Å². The van der Waals surface area contributed by atoms with Gasteiger partial charge in [-0.2, -0.15) is 0 Å². The van der Waals surface area contributed by atoms with Crippen molar-refractivity contribution in [2.75, 3.05) is 26.7 Å². The number of nitrogens with two attached hydrogens (primary N) is 1. The molecule has 0 unspecified atom stereocenters. The van der Waals surface area contributed by atoms with E-state index in [0.717, 1.165) is 30.8 Å². The SMILES string of the molecule is C=C=CC1=C[C@H](/C(=C/N(CC)CCN)OC)CC=C1. The highest BCUT2D eigenvalue weighted by molar-refractivity contribution is 5.35. The number of ether oxygens (including phenoxy) is 1. The van der Waals surface area contributed by atoms with Crippen molar-refractivity contribution in [3.8, 4) is 0 Å². The Morgan fingerprint density at radius 1 is 1.68 bits per heavy atom. The first-order valence-electron chi connectivity index (χ1n) is 6.69. The van der Waals surface area contributed by atoms with Crippen LogP contribution >= 0.6 is 0 Å². The maximum Gasteiger partial charge on any atom is 0.118 e. The van der Waals surface area contributed by atoms with Crippen LogP contribution in [-0.2, 0) is 4.74 Å². The van der Waals surface area contributed by atoms with E-state index in [1.54, 1.807) is 7.11 Å². The summed E-state index contributed by atoms with van der Waals surface area (Å²) in [5.41, 5.74) is 9.53. The predicted molar refractivity (Wildman–Crippen MR) is 80.4 cm³/mol. The van der Waals surface area contributed by atoms with Crippen molar-refractivity contribution in [3.63, 3.8) is 0 Å². The number of likely N-dealkylation sites (N-methyl/N-ethyl adjacent to an activating group) is 1. The maximum absolute atomic E-state index is 5.61. The number of hydrogen-bond donors (Lipinski definition) is 1. The molecule has 0 aromatic rings. The molecule has 0 saturated carbocycles. The zero-order valence-corrected chi connectivity index (χ0v) is 11.9. The molecule has 0 saturated heterocycles. The predicted octanol–water partition coefficient (Wildman–Crippen LogP) is 2.60. The zero-order valence-electron chi connectivity index (χ0n) is 11.9. The molecule has 3 nitrogen and oxygen atoms in total. The van der Waals surface area contributed by atoms with E-state index in [0.29, 0.717) is 6.54 Å². The number of nitrogens with zero attached hydrogens (tertiary/aromatic N) is 1. The summed E-state index contributed by atoms with van der Waals surface area (Å²) in [4.78, 5) is 2.17. The average Bonchev–Trinajstić information content (AvgIpc) is 2.44. The van der Waals surface area contributed by atoms with Crippen LogP contribution < -0.4 is 5.73 Å². The first-order chi connectivity index (χ1) is 9.24. The summed E-state index contributed by atoms with van der Waals surface area (Å²) in [6, 6.07) is 0. The third-order valence-corrected chi connectivity index (χ3v) is 3.10. The molecule has 0 spiro atoms. The van der Waals surface area contributed by atoms with Crippen molar-refractivity contribution in [2.45, 2.75) is 13.3 Å². The van der Waals surface area contributed by atoms with Gasteiger partial charge in [0.2, 0.25) is 0 Å². The lowest BCUT2D eigenvalue weighted by atomic mass is 9.94. The van der Waals surface area contributed by atoms with Crippen LogP contribution in [0.5, 0.6) is 0 Å². The number of rotatable bonds is 7. The van der Waals surface area contributed by atoms with Crippen LogP contribution in [0.1, 0.15) is 13.3 Å². The first-order valence-corrected chi connectivity index (χ1v) is 6.69. The van der Waals surface area contributed by atoms with Gasteiger partial charge in [-0.05, 0) is 25.0 Å². The van der Waals surface area contributed by atoms with E-state index < -0.39 is 0 Å². The van der Waals surface area contributed by atoms with Crippen LogP contribution in [-0.4, -0.2) is 31.6 Å². The Morgan fingerprint density at radius 3 is 3.05 bits per heavy atom. The monoisotopic (exact) mass is 260 g/mol. The molecule has 0 heterocycles. The second-order valence-electron chi connectivity index (χ2n) is 4.41. The highest BCUT2D eigenvalue weighted by Crippen LogP contribution is 2.25. The van der Waals surface area contributed by atoms with Gasteiger partial charge in [0.05, 0.1) is 7.11 Å². The lowest BCUT2D eigenvalue weighted by Gasteiger charge is -2.23. The molecule has 1 atom stereocenters. The van der Waals surface area contributed by atoms with E-state index in [4.69, 9.17) is 10.5 Å². The Labute approximate surface area is 116 Å². The largest absolute Gasteiger partial charge is 0.499 e. The smallest absolute Gasteiger partial charge is 0.118 e. The van der Waals surface area contributed by atoms with Crippen molar-refractivity contribution in [3.05, 3.63) is 54.1 Å². The van der Waals surface area contributed by atoms with Crippen molar-refractivity contribution in [1.29, 1.82) is 0 Å². The molecule has 0 aromatic carbocycles. The van der Waals surface area contributed by atoms with Gasteiger partial charge in [-0.15, -0.1) is 5.73 Å². The molecule has 2 N–H and O–H groups in total. The summed E-state index contributed by atoms with van der Waals surface area (Å²) in [6.45, 7) is 8.13. The first kappa shape index (κ1) is 15.4. The minimum absolute atomic E-state index is 0.265. The third kappa shape index (κ3) is 4.82.